The maximum absolute atomic E-state index is 4.81. The number of rotatable bonds is 4. The van der Waals surface area contributed by atoms with Crippen LogP contribution in [0.1, 0.15) is 36.0 Å². The molecule has 3 heterocycles. The Labute approximate surface area is 137 Å². The van der Waals surface area contributed by atoms with Crippen molar-refractivity contribution in [2.24, 2.45) is 0 Å². The van der Waals surface area contributed by atoms with Gasteiger partial charge in [-0.3, -0.25) is 9.88 Å². The number of piperazine rings is 1. The van der Waals surface area contributed by atoms with Gasteiger partial charge in [0.25, 0.3) is 0 Å². The lowest BCUT2D eigenvalue weighted by molar-refractivity contribution is 0.246. The van der Waals surface area contributed by atoms with E-state index in [1.165, 1.54) is 12.8 Å². The van der Waals surface area contributed by atoms with Crippen molar-refractivity contribution in [3.05, 3.63) is 47.7 Å². The zero-order valence-electron chi connectivity index (χ0n) is 13.6. The summed E-state index contributed by atoms with van der Waals surface area (Å²) in [6.45, 7) is 7.16. The Morgan fingerprint density at radius 2 is 1.91 bits per heavy atom. The van der Waals surface area contributed by atoms with E-state index in [9.17, 15) is 0 Å². The molecule has 2 aromatic rings. The molecule has 1 saturated heterocycles. The third kappa shape index (κ3) is 3.50. The van der Waals surface area contributed by atoms with Crippen LogP contribution >= 0.6 is 0 Å². The summed E-state index contributed by atoms with van der Waals surface area (Å²) in [5.41, 5.74) is 2.24. The molecule has 0 amide bonds. The van der Waals surface area contributed by atoms with Crippen molar-refractivity contribution in [1.82, 2.24) is 19.9 Å². The quantitative estimate of drug-likeness (QED) is 0.867. The van der Waals surface area contributed by atoms with Crippen molar-refractivity contribution < 1.29 is 0 Å². The maximum atomic E-state index is 4.81. The van der Waals surface area contributed by atoms with Crippen LogP contribution in [0.25, 0.3) is 0 Å². The van der Waals surface area contributed by atoms with E-state index in [-0.39, 0.29) is 0 Å². The molecule has 120 valence electrons. The van der Waals surface area contributed by atoms with Gasteiger partial charge >= 0.3 is 0 Å². The minimum atomic E-state index is 0.610. The van der Waals surface area contributed by atoms with E-state index in [4.69, 9.17) is 4.98 Å². The number of aromatic nitrogens is 3. The minimum absolute atomic E-state index is 0.610. The minimum Gasteiger partial charge on any atom is -0.354 e. The summed E-state index contributed by atoms with van der Waals surface area (Å²) in [5.74, 6) is 2.77. The molecular formula is C18H23N5. The monoisotopic (exact) mass is 309 g/mol. The summed E-state index contributed by atoms with van der Waals surface area (Å²) < 4.78 is 0. The summed E-state index contributed by atoms with van der Waals surface area (Å²) in [6.07, 6.45) is 4.37. The van der Waals surface area contributed by atoms with Crippen LogP contribution in [-0.2, 0) is 6.54 Å². The fraction of sp³-hybridized carbons (Fsp3) is 0.500. The molecule has 0 bridgehead atoms. The second-order valence-electron chi connectivity index (χ2n) is 6.58. The van der Waals surface area contributed by atoms with Crippen molar-refractivity contribution in [3.63, 3.8) is 0 Å². The Morgan fingerprint density at radius 3 is 2.61 bits per heavy atom. The van der Waals surface area contributed by atoms with E-state index in [0.717, 1.165) is 55.8 Å². The Morgan fingerprint density at radius 1 is 1.09 bits per heavy atom. The molecule has 4 rings (SSSR count). The molecule has 0 radical (unpaired) electrons. The van der Waals surface area contributed by atoms with Crippen molar-refractivity contribution in [2.75, 3.05) is 31.1 Å². The fourth-order valence-corrected chi connectivity index (χ4v) is 3.12. The van der Waals surface area contributed by atoms with Gasteiger partial charge in [0.05, 0.1) is 5.69 Å². The second kappa shape index (κ2) is 6.24. The average Bonchev–Trinajstić information content (AvgIpc) is 3.41. The molecule has 5 nitrogen and oxygen atoms in total. The molecule has 0 spiro atoms. The molecule has 1 aliphatic heterocycles. The van der Waals surface area contributed by atoms with Crippen LogP contribution in [0.3, 0.4) is 0 Å². The predicted octanol–water partition coefficient (Wildman–Crippen LogP) is 2.38. The lowest BCUT2D eigenvalue weighted by Crippen LogP contribution is -2.46. The summed E-state index contributed by atoms with van der Waals surface area (Å²) in [6, 6.07) is 8.25. The van der Waals surface area contributed by atoms with Gasteiger partial charge in [-0.15, -0.1) is 0 Å². The molecular weight excluding hydrogens is 286 g/mol. The van der Waals surface area contributed by atoms with Crippen molar-refractivity contribution in [3.8, 4) is 0 Å². The lowest BCUT2D eigenvalue weighted by atomic mass is 10.2. The Hall–Kier alpha value is -2.01. The summed E-state index contributed by atoms with van der Waals surface area (Å²) in [4.78, 5) is 18.7. The van der Waals surface area contributed by atoms with E-state index in [1.807, 2.05) is 12.3 Å². The van der Waals surface area contributed by atoms with E-state index in [1.54, 1.807) is 0 Å². The summed E-state index contributed by atoms with van der Waals surface area (Å²) in [7, 11) is 0. The van der Waals surface area contributed by atoms with Gasteiger partial charge in [0.1, 0.15) is 11.6 Å². The van der Waals surface area contributed by atoms with Crippen molar-refractivity contribution in [2.45, 2.75) is 32.2 Å². The van der Waals surface area contributed by atoms with Crippen LogP contribution in [-0.4, -0.2) is 46.0 Å². The van der Waals surface area contributed by atoms with Gasteiger partial charge in [-0.05, 0) is 31.9 Å². The Balaban J connectivity index is 1.39. The molecule has 1 aliphatic carbocycles. The van der Waals surface area contributed by atoms with E-state index < -0.39 is 0 Å². The van der Waals surface area contributed by atoms with Gasteiger partial charge in [-0.25, -0.2) is 9.97 Å². The van der Waals surface area contributed by atoms with Gasteiger partial charge in [-0.2, -0.15) is 0 Å². The van der Waals surface area contributed by atoms with Crippen LogP contribution in [0.15, 0.2) is 30.5 Å². The predicted molar refractivity (Wildman–Crippen MR) is 90.5 cm³/mol. The topological polar surface area (TPSA) is 45.2 Å². The number of aryl methyl sites for hydroxylation is 1. The maximum Gasteiger partial charge on any atom is 0.134 e. The first kappa shape index (κ1) is 14.6. The number of anilines is 1. The highest BCUT2D eigenvalue weighted by Gasteiger charge is 2.28. The average molecular weight is 309 g/mol. The van der Waals surface area contributed by atoms with Crippen LogP contribution in [0.5, 0.6) is 0 Å². The zero-order chi connectivity index (χ0) is 15.6. The number of nitrogens with zero attached hydrogens (tertiary/aromatic N) is 5. The van der Waals surface area contributed by atoms with Crippen LogP contribution in [0.2, 0.25) is 0 Å². The molecule has 2 fully saturated rings. The normalized spacial score (nSPS) is 19.1. The highest BCUT2D eigenvalue weighted by Crippen LogP contribution is 2.38. The molecule has 2 aromatic heterocycles. The number of pyridine rings is 1. The first-order valence-electron chi connectivity index (χ1n) is 8.51. The molecule has 0 atom stereocenters. The van der Waals surface area contributed by atoms with Gasteiger partial charge < -0.3 is 4.90 Å². The molecule has 23 heavy (non-hydrogen) atoms. The van der Waals surface area contributed by atoms with E-state index in [2.05, 4.69) is 44.9 Å². The highest BCUT2D eigenvalue weighted by atomic mass is 15.3. The van der Waals surface area contributed by atoms with Crippen LogP contribution < -0.4 is 4.90 Å². The Bertz CT molecular complexity index is 660. The highest BCUT2D eigenvalue weighted by molar-refractivity contribution is 5.41. The standard InChI is InChI=1S/C18H23N5/c1-14-12-17(21-18(20-14)15-5-6-15)23-10-8-22(9-11-23)13-16-4-2-3-7-19-16/h2-4,7,12,15H,5-6,8-11,13H2,1H3. The third-order valence-corrected chi connectivity index (χ3v) is 4.61. The molecule has 0 N–H and O–H groups in total. The van der Waals surface area contributed by atoms with Gasteiger partial charge in [0.2, 0.25) is 0 Å². The molecule has 2 aliphatic rings. The zero-order valence-corrected chi connectivity index (χ0v) is 13.6. The van der Waals surface area contributed by atoms with Gasteiger partial charge in [0, 0.05) is 56.6 Å². The first-order chi connectivity index (χ1) is 11.3. The summed E-state index contributed by atoms with van der Waals surface area (Å²) in [5, 5.41) is 0. The van der Waals surface area contributed by atoms with E-state index >= 15 is 0 Å². The second-order valence-corrected chi connectivity index (χ2v) is 6.58. The largest absolute Gasteiger partial charge is 0.354 e. The van der Waals surface area contributed by atoms with Crippen molar-refractivity contribution >= 4 is 5.82 Å². The van der Waals surface area contributed by atoms with Crippen LogP contribution in [0.4, 0.5) is 5.82 Å². The molecule has 5 heteroatoms. The van der Waals surface area contributed by atoms with Crippen molar-refractivity contribution in [1.29, 1.82) is 0 Å². The van der Waals surface area contributed by atoms with Crippen LogP contribution in [0, 0.1) is 6.92 Å². The molecule has 1 saturated carbocycles. The SMILES string of the molecule is Cc1cc(N2CCN(Cc3ccccn3)CC2)nc(C2CC2)n1. The lowest BCUT2D eigenvalue weighted by Gasteiger charge is -2.35. The Kier molecular flexibility index (Phi) is 3.95. The first-order valence-corrected chi connectivity index (χ1v) is 8.51. The third-order valence-electron chi connectivity index (χ3n) is 4.61. The van der Waals surface area contributed by atoms with Gasteiger partial charge in [0.15, 0.2) is 0 Å². The van der Waals surface area contributed by atoms with Gasteiger partial charge in [-0.1, -0.05) is 6.07 Å². The smallest absolute Gasteiger partial charge is 0.134 e. The molecule has 0 aromatic carbocycles. The number of hydrogen-bond acceptors (Lipinski definition) is 5. The molecule has 0 unspecified atom stereocenters. The fourth-order valence-electron chi connectivity index (χ4n) is 3.12. The summed E-state index contributed by atoms with van der Waals surface area (Å²) >= 11 is 0. The number of hydrogen-bond donors (Lipinski definition) is 0. The van der Waals surface area contributed by atoms with E-state index in [0.29, 0.717) is 5.92 Å².